The van der Waals surface area contributed by atoms with Crippen LogP contribution in [0.3, 0.4) is 0 Å². The van der Waals surface area contributed by atoms with E-state index in [0.29, 0.717) is 22.6 Å². The molecule has 1 saturated heterocycles. The van der Waals surface area contributed by atoms with E-state index in [1.807, 2.05) is 0 Å². The number of aromatic nitrogens is 2. The predicted molar refractivity (Wildman–Crippen MR) is 130 cm³/mol. The quantitative estimate of drug-likeness (QED) is 0.179. The van der Waals surface area contributed by atoms with E-state index >= 15 is 0 Å². The number of piperidine rings is 1. The van der Waals surface area contributed by atoms with Gasteiger partial charge in [0.15, 0.2) is 17.6 Å². The van der Waals surface area contributed by atoms with Gasteiger partial charge in [-0.2, -0.15) is 4.98 Å². The second kappa shape index (κ2) is 11.7. The van der Waals surface area contributed by atoms with Crippen molar-refractivity contribution in [1.29, 1.82) is 0 Å². The second-order valence-electron chi connectivity index (χ2n) is 8.28. The molecule has 1 aliphatic heterocycles. The summed E-state index contributed by atoms with van der Waals surface area (Å²) in [6.07, 6.45) is 2.36. The maximum absolute atomic E-state index is 12.7. The molecule has 0 amide bonds. The number of benzene rings is 2. The fourth-order valence-electron chi connectivity index (χ4n) is 4.13. The Kier molecular flexibility index (Phi) is 8.19. The van der Waals surface area contributed by atoms with E-state index in [9.17, 15) is 19.7 Å². The first-order valence-corrected chi connectivity index (χ1v) is 11.7. The third kappa shape index (κ3) is 6.02. The molecule has 0 saturated carbocycles. The Bertz CT molecular complexity index is 1230. The Morgan fingerprint density at radius 3 is 2.36 bits per heavy atom. The summed E-state index contributed by atoms with van der Waals surface area (Å²) in [7, 11) is 0. The highest BCUT2D eigenvalue weighted by molar-refractivity contribution is 6.30. The van der Waals surface area contributed by atoms with Gasteiger partial charge in [-0.1, -0.05) is 11.6 Å². The average molecular weight is 511 g/mol. The van der Waals surface area contributed by atoms with Gasteiger partial charge < -0.3 is 14.8 Å². The molecule has 10 nitrogen and oxygen atoms in total. The molecule has 0 radical (unpaired) electrons. The zero-order chi connectivity index (χ0) is 25.5. The van der Waals surface area contributed by atoms with Crippen LogP contribution in [0.25, 0.3) is 0 Å². The number of carbonyl (C=O) groups is 2. The summed E-state index contributed by atoms with van der Waals surface area (Å²) in [5, 5.41) is 15.8. The van der Waals surface area contributed by atoms with E-state index in [4.69, 9.17) is 21.1 Å². The zero-order valence-corrected chi connectivity index (χ0v) is 19.9. The molecule has 0 aliphatic carbocycles. The molecule has 1 fully saturated rings. The van der Waals surface area contributed by atoms with Crippen molar-refractivity contribution in [2.75, 3.05) is 13.1 Å². The molecule has 0 bridgehead atoms. The van der Waals surface area contributed by atoms with Gasteiger partial charge >= 0.3 is 11.6 Å². The monoisotopic (exact) mass is 510 g/mol. The SMILES string of the molecule is O=COC(CC1CCNCC1)c1ncnc(Oc2ccc(C(=O)c3ccc(Cl)cc3)cc2)c1[N+](=O)[O-]. The number of nitro groups is 1. The summed E-state index contributed by atoms with van der Waals surface area (Å²) in [5.74, 6) is -0.0330. The van der Waals surface area contributed by atoms with E-state index in [0.717, 1.165) is 32.3 Å². The minimum Gasteiger partial charge on any atom is -0.458 e. The lowest BCUT2D eigenvalue weighted by molar-refractivity contribution is -0.387. The molecule has 2 heterocycles. The molecule has 1 N–H and O–H groups in total. The van der Waals surface area contributed by atoms with Crippen molar-refractivity contribution in [3.05, 3.63) is 86.8 Å². The highest BCUT2D eigenvalue weighted by Gasteiger charge is 2.33. The first-order chi connectivity index (χ1) is 17.5. The summed E-state index contributed by atoms with van der Waals surface area (Å²) >= 11 is 5.88. The van der Waals surface area contributed by atoms with Crippen molar-refractivity contribution in [2.45, 2.75) is 25.4 Å². The molecule has 1 aliphatic rings. The van der Waals surface area contributed by atoms with Crippen molar-refractivity contribution in [1.82, 2.24) is 15.3 Å². The molecule has 3 aromatic rings. The highest BCUT2D eigenvalue weighted by Crippen LogP contribution is 2.38. The number of ether oxygens (including phenoxy) is 2. The molecule has 1 unspecified atom stereocenters. The van der Waals surface area contributed by atoms with Gasteiger partial charge in [0.25, 0.3) is 6.47 Å². The van der Waals surface area contributed by atoms with Gasteiger partial charge in [-0.15, -0.1) is 0 Å². The number of nitrogens with zero attached hydrogens (tertiary/aromatic N) is 3. The van der Waals surface area contributed by atoms with Crippen LogP contribution in [0, 0.1) is 16.0 Å². The molecule has 11 heteroatoms. The van der Waals surface area contributed by atoms with Gasteiger partial charge in [-0.3, -0.25) is 19.7 Å². The summed E-state index contributed by atoms with van der Waals surface area (Å²) in [6, 6.07) is 12.7. The first-order valence-electron chi connectivity index (χ1n) is 11.3. The average Bonchev–Trinajstić information content (AvgIpc) is 2.89. The number of ketones is 1. The normalized spacial score (nSPS) is 14.6. The van der Waals surface area contributed by atoms with Gasteiger partial charge in [0.05, 0.1) is 4.92 Å². The maximum atomic E-state index is 12.7. The Labute approximate surface area is 211 Å². The fraction of sp³-hybridized carbons (Fsp3) is 0.280. The van der Waals surface area contributed by atoms with Gasteiger partial charge in [0, 0.05) is 16.1 Å². The third-order valence-corrected chi connectivity index (χ3v) is 6.22. The number of hydrogen-bond acceptors (Lipinski definition) is 9. The predicted octanol–water partition coefficient (Wildman–Crippen LogP) is 4.67. The molecular formula is C25H23ClN4O6. The molecule has 1 atom stereocenters. The highest BCUT2D eigenvalue weighted by atomic mass is 35.5. The van der Waals surface area contributed by atoms with Crippen molar-refractivity contribution >= 4 is 29.5 Å². The largest absolute Gasteiger partial charge is 0.458 e. The third-order valence-electron chi connectivity index (χ3n) is 5.97. The van der Waals surface area contributed by atoms with Crippen LogP contribution in [0.2, 0.25) is 5.02 Å². The topological polar surface area (TPSA) is 134 Å². The van der Waals surface area contributed by atoms with E-state index in [1.165, 1.54) is 12.1 Å². The van der Waals surface area contributed by atoms with Crippen LogP contribution in [-0.4, -0.2) is 40.2 Å². The lowest BCUT2D eigenvalue weighted by atomic mass is 9.90. The van der Waals surface area contributed by atoms with E-state index in [1.54, 1.807) is 36.4 Å². The van der Waals surface area contributed by atoms with E-state index in [2.05, 4.69) is 15.3 Å². The standard InChI is InChI=1S/C25H23ClN4O6/c26-19-5-1-17(2-6-19)24(32)18-3-7-20(8-4-18)36-25-23(30(33)34)22(28-14-29-25)21(35-15-31)13-16-9-11-27-12-10-16/h1-8,14-16,21,27H,9-13H2. The molecular weight excluding hydrogens is 488 g/mol. The molecule has 4 rings (SSSR count). The minimum absolute atomic E-state index is 0.0230. The molecule has 1 aromatic heterocycles. The molecule has 36 heavy (non-hydrogen) atoms. The fourth-order valence-corrected chi connectivity index (χ4v) is 4.26. The van der Waals surface area contributed by atoms with Crippen LogP contribution in [-0.2, 0) is 9.53 Å². The van der Waals surface area contributed by atoms with Gasteiger partial charge in [-0.25, -0.2) is 4.98 Å². The first kappa shape index (κ1) is 25.2. The van der Waals surface area contributed by atoms with Crippen LogP contribution < -0.4 is 10.1 Å². The lowest BCUT2D eigenvalue weighted by Gasteiger charge is -2.25. The van der Waals surface area contributed by atoms with E-state index in [-0.39, 0.29) is 35.5 Å². The number of rotatable bonds is 10. The number of carbonyl (C=O) groups excluding carboxylic acids is 2. The van der Waals surface area contributed by atoms with Crippen LogP contribution >= 0.6 is 11.6 Å². The van der Waals surface area contributed by atoms with Crippen molar-refractivity contribution in [3.8, 4) is 11.6 Å². The van der Waals surface area contributed by atoms with Crippen LogP contribution in [0.4, 0.5) is 5.69 Å². The van der Waals surface area contributed by atoms with E-state index < -0.39 is 16.7 Å². The van der Waals surface area contributed by atoms with Crippen molar-refractivity contribution < 1.29 is 24.0 Å². The van der Waals surface area contributed by atoms with Crippen molar-refractivity contribution in [3.63, 3.8) is 0 Å². The Morgan fingerprint density at radius 2 is 1.75 bits per heavy atom. The number of halogens is 1. The Balaban J connectivity index is 1.57. The number of nitrogens with one attached hydrogen (secondary N) is 1. The number of hydrogen-bond donors (Lipinski definition) is 1. The lowest BCUT2D eigenvalue weighted by Crippen LogP contribution is -2.29. The Hall–Kier alpha value is -3.89. The van der Waals surface area contributed by atoms with Crippen LogP contribution in [0.15, 0.2) is 54.9 Å². The summed E-state index contributed by atoms with van der Waals surface area (Å²) in [4.78, 5) is 43.2. The van der Waals surface area contributed by atoms with Crippen LogP contribution in [0.5, 0.6) is 11.6 Å². The second-order valence-corrected chi connectivity index (χ2v) is 8.72. The molecule has 2 aromatic carbocycles. The molecule has 186 valence electrons. The molecule has 0 spiro atoms. The van der Waals surface area contributed by atoms with Gasteiger partial charge in [0.2, 0.25) is 0 Å². The summed E-state index contributed by atoms with van der Waals surface area (Å²) in [6.45, 7) is 1.93. The van der Waals surface area contributed by atoms with Crippen LogP contribution in [0.1, 0.15) is 47.0 Å². The van der Waals surface area contributed by atoms with Crippen molar-refractivity contribution in [2.24, 2.45) is 5.92 Å². The maximum Gasteiger partial charge on any atom is 0.356 e. The minimum atomic E-state index is -0.907. The van der Waals surface area contributed by atoms with Gasteiger partial charge in [-0.05, 0) is 86.8 Å². The van der Waals surface area contributed by atoms with Gasteiger partial charge in [0.1, 0.15) is 12.1 Å². The smallest absolute Gasteiger partial charge is 0.356 e. The summed E-state index contributed by atoms with van der Waals surface area (Å²) < 4.78 is 10.9. The zero-order valence-electron chi connectivity index (χ0n) is 19.1. The summed E-state index contributed by atoms with van der Waals surface area (Å²) in [5.41, 5.74) is 0.382. The Morgan fingerprint density at radius 1 is 1.11 bits per heavy atom.